The molecule has 1 saturated heterocycles. The monoisotopic (exact) mass is 451 g/mol. The average molecular weight is 451 g/mol. The molecule has 0 radical (unpaired) electrons. The second-order valence-corrected chi connectivity index (χ2v) is 8.84. The van der Waals surface area contributed by atoms with Gasteiger partial charge in [0.1, 0.15) is 18.1 Å². The maximum Gasteiger partial charge on any atom is 0.416 e. The van der Waals surface area contributed by atoms with E-state index in [0.717, 1.165) is 25.1 Å². The summed E-state index contributed by atoms with van der Waals surface area (Å²) in [5.41, 5.74) is -0.607. The minimum atomic E-state index is -4.35. The minimum Gasteiger partial charge on any atom is -0.493 e. The summed E-state index contributed by atoms with van der Waals surface area (Å²) in [6.07, 6.45) is -3.87. The van der Waals surface area contributed by atoms with E-state index in [-0.39, 0.29) is 24.7 Å². The van der Waals surface area contributed by atoms with Gasteiger partial charge in [0.05, 0.1) is 17.6 Å². The molecule has 2 atom stereocenters. The highest BCUT2D eigenvalue weighted by molar-refractivity contribution is 5.75. The van der Waals surface area contributed by atoms with Gasteiger partial charge in [-0.3, -0.25) is 10.1 Å². The smallest absolute Gasteiger partial charge is 0.416 e. The molecule has 5 nitrogen and oxygen atoms in total. The molecule has 32 heavy (non-hydrogen) atoms. The molecule has 2 aromatic rings. The second-order valence-electron chi connectivity index (χ2n) is 8.84. The summed E-state index contributed by atoms with van der Waals surface area (Å²) in [7, 11) is 0. The number of ether oxygens (including phenoxy) is 3. The SMILES string of the molecule is CC(C)(C)C(=O)OC1NCC[C@@H]1COc1ccc(OCc2ccc(C(F)(F)F)cc2)cc1. The molecular formula is C24H28F3NO4. The zero-order chi connectivity index (χ0) is 23.4. The predicted octanol–water partition coefficient (Wildman–Crippen LogP) is 5.19. The third-order valence-electron chi connectivity index (χ3n) is 5.11. The normalized spacial score (nSPS) is 18.9. The molecule has 1 heterocycles. The number of hydrogen-bond acceptors (Lipinski definition) is 5. The van der Waals surface area contributed by atoms with Crippen molar-refractivity contribution in [2.75, 3.05) is 13.2 Å². The molecule has 3 rings (SSSR count). The molecule has 2 aromatic carbocycles. The molecule has 1 unspecified atom stereocenters. The summed E-state index contributed by atoms with van der Waals surface area (Å²) in [5.74, 6) is 1.03. The van der Waals surface area contributed by atoms with E-state index in [9.17, 15) is 18.0 Å². The first-order chi connectivity index (χ1) is 15.0. The maximum atomic E-state index is 12.6. The van der Waals surface area contributed by atoms with E-state index < -0.39 is 17.2 Å². The Hall–Kier alpha value is -2.74. The van der Waals surface area contributed by atoms with E-state index in [1.807, 2.05) is 20.8 Å². The van der Waals surface area contributed by atoms with Gasteiger partial charge >= 0.3 is 12.1 Å². The fourth-order valence-electron chi connectivity index (χ4n) is 3.12. The summed E-state index contributed by atoms with van der Waals surface area (Å²) >= 11 is 0. The van der Waals surface area contributed by atoms with Crippen molar-refractivity contribution in [1.82, 2.24) is 5.32 Å². The lowest BCUT2D eigenvalue weighted by molar-refractivity contribution is -0.162. The van der Waals surface area contributed by atoms with Gasteiger partial charge in [-0.2, -0.15) is 13.2 Å². The third-order valence-corrected chi connectivity index (χ3v) is 5.11. The van der Waals surface area contributed by atoms with Crippen molar-refractivity contribution in [2.24, 2.45) is 11.3 Å². The Morgan fingerprint density at radius 2 is 1.56 bits per heavy atom. The predicted molar refractivity (Wildman–Crippen MR) is 113 cm³/mol. The molecule has 1 aliphatic rings. The first kappa shape index (κ1) is 23.9. The summed E-state index contributed by atoms with van der Waals surface area (Å²) in [6, 6.07) is 11.9. The van der Waals surface area contributed by atoms with E-state index in [0.29, 0.717) is 23.7 Å². The number of carbonyl (C=O) groups is 1. The number of rotatable bonds is 7. The van der Waals surface area contributed by atoms with Gasteiger partial charge < -0.3 is 14.2 Å². The van der Waals surface area contributed by atoms with Crippen molar-refractivity contribution in [1.29, 1.82) is 0 Å². The molecule has 174 valence electrons. The van der Waals surface area contributed by atoms with Crippen LogP contribution in [-0.2, 0) is 22.3 Å². The number of benzene rings is 2. The molecule has 1 fully saturated rings. The van der Waals surface area contributed by atoms with Gasteiger partial charge in [0.15, 0.2) is 6.23 Å². The number of esters is 1. The third kappa shape index (κ3) is 6.63. The molecule has 0 spiro atoms. The van der Waals surface area contributed by atoms with Crippen LogP contribution in [0.5, 0.6) is 11.5 Å². The highest BCUT2D eigenvalue weighted by atomic mass is 19.4. The molecule has 0 amide bonds. The molecular weight excluding hydrogens is 423 g/mol. The van der Waals surface area contributed by atoms with Gasteiger partial charge in [0.25, 0.3) is 0 Å². The van der Waals surface area contributed by atoms with E-state index in [2.05, 4.69) is 5.32 Å². The van der Waals surface area contributed by atoms with E-state index in [1.54, 1.807) is 24.3 Å². The van der Waals surface area contributed by atoms with Crippen molar-refractivity contribution in [3.05, 3.63) is 59.7 Å². The Labute approximate surface area is 185 Å². The summed E-state index contributed by atoms with van der Waals surface area (Å²) in [4.78, 5) is 12.1. The van der Waals surface area contributed by atoms with Crippen LogP contribution in [0, 0.1) is 11.3 Å². The van der Waals surface area contributed by atoms with Crippen LogP contribution in [0.15, 0.2) is 48.5 Å². The van der Waals surface area contributed by atoms with E-state index >= 15 is 0 Å². The molecule has 0 aliphatic carbocycles. The fourth-order valence-corrected chi connectivity index (χ4v) is 3.12. The van der Waals surface area contributed by atoms with E-state index in [1.165, 1.54) is 12.1 Å². The first-order valence-corrected chi connectivity index (χ1v) is 10.5. The second kappa shape index (κ2) is 9.81. The Bertz CT molecular complexity index is 889. The Morgan fingerprint density at radius 3 is 2.12 bits per heavy atom. The van der Waals surface area contributed by atoms with E-state index in [4.69, 9.17) is 14.2 Å². The number of alkyl halides is 3. The molecule has 1 aliphatic heterocycles. The Balaban J connectivity index is 1.47. The van der Waals surface area contributed by atoms with Crippen molar-refractivity contribution in [3.8, 4) is 11.5 Å². The average Bonchev–Trinajstić information content (AvgIpc) is 3.17. The summed E-state index contributed by atoms with van der Waals surface area (Å²) in [5, 5.41) is 3.19. The van der Waals surface area contributed by atoms with Gasteiger partial charge in [-0.1, -0.05) is 12.1 Å². The first-order valence-electron chi connectivity index (χ1n) is 10.5. The van der Waals surface area contributed by atoms with Crippen LogP contribution < -0.4 is 14.8 Å². The van der Waals surface area contributed by atoms with Crippen molar-refractivity contribution < 1.29 is 32.2 Å². The lowest BCUT2D eigenvalue weighted by Crippen LogP contribution is -2.38. The lowest BCUT2D eigenvalue weighted by atomic mass is 9.97. The van der Waals surface area contributed by atoms with Crippen LogP contribution in [0.4, 0.5) is 13.2 Å². The van der Waals surface area contributed by atoms with Gasteiger partial charge in [0, 0.05) is 5.92 Å². The molecule has 0 saturated carbocycles. The Kier molecular flexibility index (Phi) is 7.33. The Morgan fingerprint density at radius 1 is 0.969 bits per heavy atom. The highest BCUT2D eigenvalue weighted by Crippen LogP contribution is 2.29. The van der Waals surface area contributed by atoms with Crippen molar-refractivity contribution >= 4 is 5.97 Å². The number of hydrogen-bond donors (Lipinski definition) is 1. The fraction of sp³-hybridized carbons (Fsp3) is 0.458. The molecule has 1 N–H and O–H groups in total. The van der Waals surface area contributed by atoms with Gasteiger partial charge in [-0.15, -0.1) is 0 Å². The van der Waals surface area contributed by atoms with Crippen LogP contribution in [0.25, 0.3) is 0 Å². The minimum absolute atomic E-state index is 0.0527. The van der Waals surface area contributed by atoms with Crippen LogP contribution >= 0.6 is 0 Å². The van der Waals surface area contributed by atoms with Crippen LogP contribution in [0.1, 0.15) is 38.3 Å². The quantitative estimate of drug-likeness (QED) is 0.588. The zero-order valence-electron chi connectivity index (χ0n) is 18.4. The summed E-state index contributed by atoms with van der Waals surface area (Å²) < 4.78 is 55.0. The number of nitrogens with one attached hydrogen (secondary N) is 1. The number of halogens is 3. The maximum absolute atomic E-state index is 12.6. The lowest BCUT2D eigenvalue weighted by Gasteiger charge is -2.24. The van der Waals surface area contributed by atoms with Crippen LogP contribution in [-0.4, -0.2) is 25.3 Å². The van der Waals surface area contributed by atoms with Gasteiger partial charge in [-0.25, -0.2) is 0 Å². The number of carbonyl (C=O) groups excluding carboxylic acids is 1. The van der Waals surface area contributed by atoms with Gasteiger partial charge in [0.2, 0.25) is 0 Å². The van der Waals surface area contributed by atoms with Crippen LogP contribution in [0.3, 0.4) is 0 Å². The molecule has 8 heteroatoms. The topological polar surface area (TPSA) is 56.8 Å². The van der Waals surface area contributed by atoms with Crippen molar-refractivity contribution in [3.63, 3.8) is 0 Å². The van der Waals surface area contributed by atoms with Crippen molar-refractivity contribution in [2.45, 2.75) is 46.2 Å². The van der Waals surface area contributed by atoms with Crippen LogP contribution in [0.2, 0.25) is 0 Å². The molecule has 0 bridgehead atoms. The molecule has 0 aromatic heterocycles. The highest BCUT2D eigenvalue weighted by Gasteiger charge is 2.34. The summed E-state index contributed by atoms with van der Waals surface area (Å²) in [6.45, 7) is 6.77. The van der Waals surface area contributed by atoms with Gasteiger partial charge in [-0.05, 0) is 75.7 Å². The largest absolute Gasteiger partial charge is 0.493 e. The zero-order valence-corrected chi connectivity index (χ0v) is 18.4. The standard InChI is InChI=1S/C24H28F3NO4/c1-23(2,3)22(29)32-21-17(12-13-28-21)15-31-20-10-8-19(9-11-20)30-14-16-4-6-18(7-5-16)24(25,26)27/h4-11,17,21,28H,12-15H2,1-3H3/t17-,21?/m1/s1.